The largest absolute Gasteiger partial charge is 0.358 e. The molecule has 2 aromatic carbocycles. The number of hydrogen-bond donors (Lipinski definition) is 2. The topological polar surface area (TPSA) is 101 Å². The quantitative estimate of drug-likeness (QED) is 0.433. The van der Waals surface area contributed by atoms with Crippen LogP contribution in [0.3, 0.4) is 0 Å². The first-order valence-corrected chi connectivity index (χ1v) is 9.42. The standard InChI is InChI=1S/C21H15F2N7O/c1-11(26-18-16-17(25-10-24-16)28-21(23)29-18)19-27-14-9-5-8-13(22)15(14)20(31)30(19)12-6-3-2-4-7-12/h2-11H,1H3,(H2,24,25,26,28,29). The average molecular weight is 419 g/mol. The zero-order chi connectivity index (χ0) is 21.5. The Bertz CT molecular complexity index is 1480. The third-order valence-corrected chi connectivity index (χ3v) is 4.89. The molecule has 1 atom stereocenters. The molecule has 0 aliphatic carbocycles. The second-order valence-corrected chi connectivity index (χ2v) is 6.89. The number of para-hydroxylation sites is 1. The van der Waals surface area contributed by atoms with Crippen LogP contribution in [0.15, 0.2) is 59.7 Å². The lowest BCUT2D eigenvalue weighted by molar-refractivity contribution is 0.544. The number of hydrogen-bond acceptors (Lipinski definition) is 6. The molecule has 3 heterocycles. The molecular formula is C21H15F2N7O. The second-order valence-electron chi connectivity index (χ2n) is 6.89. The molecule has 0 saturated heterocycles. The highest BCUT2D eigenvalue weighted by Crippen LogP contribution is 2.24. The Balaban J connectivity index is 1.71. The predicted octanol–water partition coefficient (Wildman–Crippen LogP) is 3.50. The first-order valence-electron chi connectivity index (χ1n) is 9.42. The number of aromatic nitrogens is 6. The van der Waals surface area contributed by atoms with Crippen LogP contribution in [0, 0.1) is 11.9 Å². The average Bonchev–Trinajstić information content (AvgIpc) is 3.22. The van der Waals surface area contributed by atoms with Gasteiger partial charge in [-0.15, -0.1) is 0 Å². The van der Waals surface area contributed by atoms with E-state index in [4.69, 9.17) is 0 Å². The van der Waals surface area contributed by atoms with Crippen molar-refractivity contribution < 1.29 is 8.78 Å². The van der Waals surface area contributed by atoms with Gasteiger partial charge in [0, 0.05) is 0 Å². The number of halogens is 2. The molecule has 5 rings (SSSR count). The third kappa shape index (κ3) is 3.18. The van der Waals surface area contributed by atoms with Crippen molar-refractivity contribution >= 4 is 27.9 Å². The van der Waals surface area contributed by atoms with Gasteiger partial charge in [-0.1, -0.05) is 24.3 Å². The first-order chi connectivity index (χ1) is 15.0. The number of benzene rings is 2. The van der Waals surface area contributed by atoms with Gasteiger partial charge in [0.15, 0.2) is 11.5 Å². The van der Waals surface area contributed by atoms with Gasteiger partial charge in [0.25, 0.3) is 5.56 Å². The van der Waals surface area contributed by atoms with E-state index in [0.717, 1.165) is 0 Å². The van der Waals surface area contributed by atoms with Crippen molar-refractivity contribution in [3.05, 3.63) is 82.9 Å². The van der Waals surface area contributed by atoms with E-state index in [1.54, 1.807) is 37.3 Å². The molecule has 0 radical (unpaired) electrons. The molecule has 0 saturated carbocycles. The number of imidazole rings is 1. The summed E-state index contributed by atoms with van der Waals surface area (Å²) < 4.78 is 29.7. The van der Waals surface area contributed by atoms with Crippen molar-refractivity contribution in [2.45, 2.75) is 13.0 Å². The summed E-state index contributed by atoms with van der Waals surface area (Å²) in [7, 11) is 0. The molecule has 0 amide bonds. The number of anilines is 1. The molecule has 3 aromatic heterocycles. The van der Waals surface area contributed by atoms with Gasteiger partial charge in [0.05, 0.1) is 23.6 Å². The maximum absolute atomic E-state index is 14.5. The van der Waals surface area contributed by atoms with Crippen LogP contribution in [0.25, 0.3) is 27.8 Å². The van der Waals surface area contributed by atoms with Crippen LogP contribution in [0.1, 0.15) is 18.8 Å². The summed E-state index contributed by atoms with van der Waals surface area (Å²) in [6.45, 7) is 1.74. The van der Waals surface area contributed by atoms with Crippen molar-refractivity contribution in [3.63, 3.8) is 0 Å². The van der Waals surface area contributed by atoms with Crippen LogP contribution in [0.2, 0.25) is 0 Å². The Morgan fingerprint density at radius 2 is 1.84 bits per heavy atom. The van der Waals surface area contributed by atoms with Gasteiger partial charge in [-0.05, 0) is 31.2 Å². The Labute approximate surface area is 173 Å². The van der Waals surface area contributed by atoms with Gasteiger partial charge < -0.3 is 10.3 Å². The normalized spacial score (nSPS) is 12.4. The molecular weight excluding hydrogens is 404 g/mol. The minimum atomic E-state index is -0.941. The van der Waals surface area contributed by atoms with Gasteiger partial charge in [-0.3, -0.25) is 9.36 Å². The molecule has 5 aromatic rings. The molecule has 0 fully saturated rings. The van der Waals surface area contributed by atoms with Crippen molar-refractivity contribution in [2.75, 3.05) is 5.32 Å². The number of nitrogens with zero attached hydrogens (tertiary/aromatic N) is 5. The highest BCUT2D eigenvalue weighted by Gasteiger charge is 2.21. The summed E-state index contributed by atoms with van der Waals surface area (Å²) in [5, 5.41) is 2.96. The van der Waals surface area contributed by atoms with Crippen LogP contribution in [0.4, 0.5) is 14.6 Å². The smallest absolute Gasteiger partial charge is 0.312 e. The van der Waals surface area contributed by atoms with Gasteiger partial charge in [-0.2, -0.15) is 14.4 Å². The lowest BCUT2D eigenvalue weighted by atomic mass is 10.2. The van der Waals surface area contributed by atoms with E-state index in [1.807, 2.05) is 6.07 Å². The van der Waals surface area contributed by atoms with Crippen LogP contribution in [0.5, 0.6) is 0 Å². The van der Waals surface area contributed by atoms with E-state index >= 15 is 0 Å². The summed E-state index contributed by atoms with van der Waals surface area (Å²) in [6, 6.07) is 12.5. The molecule has 154 valence electrons. The summed E-state index contributed by atoms with van der Waals surface area (Å²) >= 11 is 0. The number of nitrogens with one attached hydrogen (secondary N) is 2. The number of fused-ring (bicyclic) bond motifs is 2. The molecule has 0 aliphatic heterocycles. The molecule has 2 N–H and O–H groups in total. The Hall–Kier alpha value is -4.21. The van der Waals surface area contributed by atoms with E-state index in [2.05, 4.69) is 30.2 Å². The molecule has 8 nitrogen and oxygen atoms in total. The van der Waals surface area contributed by atoms with E-state index in [9.17, 15) is 13.6 Å². The summed E-state index contributed by atoms with van der Waals surface area (Å²) in [6.07, 6.45) is 0.439. The highest BCUT2D eigenvalue weighted by atomic mass is 19.1. The van der Waals surface area contributed by atoms with Gasteiger partial charge in [-0.25, -0.2) is 14.4 Å². The fraction of sp³-hybridized carbons (Fsp3) is 0.0952. The highest BCUT2D eigenvalue weighted by molar-refractivity contribution is 5.82. The Morgan fingerprint density at radius 3 is 2.65 bits per heavy atom. The predicted molar refractivity (Wildman–Crippen MR) is 111 cm³/mol. The zero-order valence-electron chi connectivity index (χ0n) is 16.2. The van der Waals surface area contributed by atoms with E-state index in [0.29, 0.717) is 17.0 Å². The van der Waals surface area contributed by atoms with Crippen LogP contribution in [-0.4, -0.2) is 29.5 Å². The Kier molecular flexibility index (Phi) is 4.39. The fourth-order valence-electron chi connectivity index (χ4n) is 3.50. The summed E-state index contributed by atoms with van der Waals surface area (Å²) in [4.78, 5) is 32.1. The monoisotopic (exact) mass is 419 g/mol. The van der Waals surface area contributed by atoms with Gasteiger partial charge in [0.2, 0.25) is 0 Å². The van der Waals surface area contributed by atoms with Crippen LogP contribution in [-0.2, 0) is 0 Å². The third-order valence-electron chi connectivity index (χ3n) is 4.89. The zero-order valence-corrected chi connectivity index (χ0v) is 16.2. The van der Waals surface area contributed by atoms with Crippen LogP contribution >= 0.6 is 0 Å². The lowest BCUT2D eigenvalue weighted by Gasteiger charge is -2.20. The first kappa shape index (κ1) is 18.8. The van der Waals surface area contributed by atoms with Gasteiger partial charge in [0.1, 0.15) is 22.5 Å². The maximum Gasteiger partial charge on any atom is 0.312 e. The number of H-pyrrole nitrogens is 1. The molecule has 0 bridgehead atoms. The molecule has 0 aliphatic rings. The van der Waals surface area contributed by atoms with Crippen molar-refractivity contribution in [3.8, 4) is 5.69 Å². The number of rotatable bonds is 4. The minimum Gasteiger partial charge on any atom is -0.358 e. The van der Waals surface area contributed by atoms with Crippen molar-refractivity contribution in [2.24, 2.45) is 0 Å². The molecule has 0 spiro atoms. The minimum absolute atomic E-state index is 0.105. The number of aromatic amines is 1. The second kappa shape index (κ2) is 7.24. The van der Waals surface area contributed by atoms with Gasteiger partial charge >= 0.3 is 6.08 Å². The molecule has 10 heteroatoms. The fourth-order valence-corrected chi connectivity index (χ4v) is 3.50. The SMILES string of the molecule is CC(Nc1nc(F)nc2nc[nH]c12)c1nc2cccc(F)c2c(=O)n1-c1ccccc1. The van der Waals surface area contributed by atoms with Crippen molar-refractivity contribution in [1.29, 1.82) is 0 Å². The van der Waals surface area contributed by atoms with E-state index < -0.39 is 23.5 Å². The Morgan fingerprint density at radius 1 is 1.03 bits per heavy atom. The maximum atomic E-state index is 14.5. The van der Waals surface area contributed by atoms with E-state index in [-0.39, 0.29) is 22.4 Å². The summed E-state index contributed by atoms with van der Waals surface area (Å²) in [5.74, 6) is -0.175. The molecule has 1 unspecified atom stereocenters. The lowest BCUT2D eigenvalue weighted by Crippen LogP contribution is -2.28. The van der Waals surface area contributed by atoms with Crippen LogP contribution < -0.4 is 10.9 Å². The summed E-state index contributed by atoms with van der Waals surface area (Å²) in [5.41, 5.74) is 0.777. The van der Waals surface area contributed by atoms with Crippen molar-refractivity contribution in [1.82, 2.24) is 29.5 Å². The molecule has 31 heavy (non-hydrogen) atoms. The van der Waals surface area contributed by atoms with E-state index in [1.165, 1.54) is 23.0 Å².